The van der Waals surface area contributed by atoms with E-state index in [0.717, 1.165) is 25.9 Å². The van der Waals surface area contributed by atoms with E-state index in [-0.39, 0.29) is 23.4 Å². The normalized spacial score (nSPS) is 42.7. The number of carbonyl (C=O) groups excluding carboxylic acids is 1. The minimum atomic E-state index is 0.0240. The summed E-state index contributed by atoms with van der Waals surface area (Å²) in [5, 5.41) is 4.82. The van der Waals surface area contributed by atoms with Crippen LogP contribution in [0, 0.1) is 23.2 Å². The molecule has 2 saturated heterocycles. The zero-order valence-corrected chi connectivity index (χ0v) is 16.9. The average molecular weight is 375 g/mol. The van der Waals surface area contributed by atoms with E-state index in [4.69, 9.17) is 9.72 Å². The summed E-state index contributed by atoms with van der Waals surface area (Å²) in [6, 6.07) is 0. The number of piperidine rings is 1. The highest BCUT2D eigenvalue weighted by Gasteiger charge is 2.58. The van der Waals surface area contributed by atoms with Crippen molar-refractivity contribution in [3.8, 4) is 0 Å². The molecule has 2 aliphatic carbocycles. The van der Waals surface area contributed by atoms with Gasteiger partial charge in [-0.1, -0.05) is 20.8 Å². The Morgan fingerprint density at radius 2 is 1.96 bits per heavy atom. The third-order valence-electron chi connectivity index (χ3n) is 7.86. The maximum Gasteiger partial charge on any atom is 0.309 e. The number of carbonyl (C=O) groups is 1. The summed E-state index contributed by atoms with van der Waals surface area (Å²) in [5.41, 5.74) is 1.57. The summed E-state index contributed by atoms with van der Waals surface area (Å²) >= 11 is 1.98. The third kappa shape index (κ3) is 2.42. The van der Waals surface area contributed by atoms with Crippen molar-refractivity contribution in [1.82, 2.24) is 10.3 Å². The van der Waals surface area contributed by atoms with E-state index in [2.05, 4.69) is 26.1 Å². The molecule has 6 unspecified atom stereocenters. The zero-order chi connectivity index (χ0) is 18.1. The summed E-state index contributed by atoms with van der Waals surface area (Å²) in [6.45, 7) is 9.07. The maximum atomic E-state index is 12.2. The zero-order valence-electron chi connectivity index (χ0n) is 16.1. The van der Waals surface area contributed by atoms with E-state index in [1.54, 1.807) is 0 Å². The lowest BCUT2D eigenvalue weighted by atomic mass is 9.54. The second-order valence-electron chi connectivity index (χ2n) is 9.42. The molecule has 1 N–H and O–H groups in total. The first-order chi connectivity index (χ1) is 12.5. The number of thiazole rings is 1. The van der Waals surface area contributed by atoms with Crippen LogP contribution in [0.1, 0.15) is 73.9 Å². The van der Waals surface area contributed by atoms with Crippen LogP contribution in [-0.2, 0) is 16.0 Å². The molecule has 0 aromatic carbocycles. The van der Waals surface area contributed by atoms with Gasteiger partial charge in [0, 0.05) is 28.5 Å². The number of esters is 1. The Labute approximate surface area is 160 Å². The quantitative estimate of drug-likeness (QED) is 0.758. The van der Waals surface area contributed by atoms with Gasteiger partial charge in [-0.3, -0.25) is 4.79 Å². The lowest BCUT2D eigenvalue weighted by Crippen LogP contribution is -2.50. The monoisotopic (exact) mass is 374 g/mol. The Kier molecular flexibility index (Phi) is 3.98. The van der Waals surface area contributed by atoms with Crippen molar-refractivity contribution in [1.29, 1.82) is 0 Å². The minimum absolute atomic E-state index is 0.0240. The molecule has 26 heavy (non-hydrogen) atoms. The molecule has 6 atom stereocenters. The molecule has 3 fully saturated rings. The van der Waals surface area contributed by atoms with Crippen LogP contribution in [0.3, 0.4) is 0 Å². The average Bonchev–Trinajstić information content (AvgIpc) is 3.17. The number of hydrogen-bond acceptors (Lipinski definition) is 5. The Hall–Kier alpha value is -0.940. The van der Waals surface area contributed by atoms with Crippen molar-refractivity contribution in [2.24, 2.45) is 23.2 Å². The molecule has 142 valence electrons. The van der Waals surface area contributed by atoms with Crippen molar-refractivity contribution >= 4 is 17.3 Å². The second-order valence-corrected chi connectivity index (χ2v) is 10.5. The minimum Gasteiger partial charge on any atom is -0.461 e. The van der Waals surface area contributed by atoms with Crippen LogP contribution < -0.4 is 5.32 Å². The van der Waals surface area contributed by atoms with E-state index < -0.39 is 0 Å². The molecule has 4 nitrogen and oxygen atoms in total. The third-order valence-corrected chi connectivity index (χ3v) is 9.10. The number of aromatic nitrogens is 1. The topological polar surface area (TPSA) is 51.2 Å². The highest BCUT2D eigenvalue weighted by atomic mass is 32.1. The summed E-state index contributed by atoms with van der Waals surface area (Å²) in [5.74, 6) is 1.94. The first kappa shape index (κ1) is 17.2. The summed E-state index contributed by atoms with van der Waals surface area (Å²) in [7, 11) is 0. The molecule has 1 aromatic heterocycles. The molecular formula is C21H30N2O2S. The molecule has 0 amide bonds. The molecule has 3 heterocycles. The van der Waals surface area contributed by atoms with Gasteiger partial charge in [-0.2, -0.15) is 0 Å². The van der Waals surface area contributed by atoms with Crippen LogP contribution in [0.4, 0.5) is 0 Å². The first-order valence-electron chi connectivity index (χ1n) is 10.4. The summed E-state index contributed by atoms with van der Waals surface area (Å²) in [4.78, 5) is 18.9. The molecule has 1 saturated carbocycles. The molecule has 1 aromatic rings. The predicted molar refractivity (Wildman–Crippen MR) is 102 cm³/mol. The summed E-state index contributed by atoms with van der Waals surface area (Å²) in [6.07, 6.45) is 5.98. The Balaban J connectivity index is 1.49. The van der Waals surface area contributed by atoms with Crippen LogP contribution in [0.15, 0.2) is 0 Å². The molecule has 4 aliphatic rings. The maximum absolute atomic E-state index is 12.2. The van der Waals surface area contributed by atoms with Gasteiger partial charge >= 0.3 is 5.97 Å². The fourth-order valence-electron chi connectivity index (χ4n) is 6.34. The van der Waals surface area contributed by atoms with Gasteiger partial charge < -0.3 is 10.1 Å². The SMILES string of the molecule is CC1C(=O)OC2C1CCC1(C)Cc3sc(C4CCNCC4)nc3C(C)C21. The van der Waals surface area contributed by atoms with Gasteiger partial charge in [0.05, 0.1) is 16.6 Å². The molecule has 5 rings (SSSR count). The van der Waals surface area contributed by atoms with Crippen LogP contribution >= 0.6 is 11.3 Å². The van der Waals surface area contributed by atoms with Crippen molar-refractivity contribution in [2.45, 2.75) is 70.8 Å². The van der Waals surface area contributed by atoms with E-state index in [1.807, 2.05) is 11.3 Å². The first-order valence-corrected chi connectivity index (χ1v) is 11.2. The largest absolute Gasteiger partial charge is 0.461 e. The van der Waals surface area contributed by atoms with E-state index in [1.165, 1.54) is 34.8 Å². The predicted octanol–water partition coefficient (Wildman–Crippen LogP) is 3.86. The Morgan fingerprint density at radius 3 is 2.73 bits per heavy atom. The van der Waals surface area contributed by atoms with Gasteiger partial charge in [-0.15, -0.1) is 11.3 Å². The lowest BCUT2D eigenvalue weighted by molar-refractivity contribution is -0.149. The number of rotatable bonds is 1. The van der Waals surface area contributed by atoms with Crippen LogP contribution in [-0.4, -0.2) is 30.1 Å². The van der Waals surface area contributed by atoms with Gasteiger partial charge in [-0.05, 0) is 50.6 Å². The van der Waals surface area contributed by atoms with E-state index in [0.29, 0.717) is 23.7 Å². The van der Waals surface area contributed by atoms with Gasteiger partial charge in [-0.25, -0.2) is 4.98 Å². The number of nitrogens with zero attached hydrogens (tertiary/aromatic N) is 1. The van der Waals surface area contributed by atoms with E-state index in [9.17, 15) is 4.79 Å². The number of ether oxygens (including phenoxy) is 1. The van der Waals surface area contributed by atoms with Gasteiger partial charge in [0.25, 0.3) is 0 Å². The van der Waals surface area contributed by atoms with Crippen LogP contribution in [0.5, 0.6) is 0 Å². The van der Waals surface area contributed by atoms with Crippen molar-refractivity contribution in [3.63, 3.8) is 0 Å². The number of fused-ring (bicyclic) bond motifs is 4. The molecule has 0 spiro atoms. The lowest BCUT2D eigenvalue weighted by Gasteiger charge is -2.51. The summed E-state index contributed by atoms with van der Waals surface area (Å²) < 4.78 is 5.95. The molecule has 5 heteroatoms. The fourth-order valence-corrected chi connectivity index (χ4v) is 7.88. The Bertz CT molecular complexity index is 726. The standard InChI is InChI=1S/C21H30N2O2S/c1-11-14-4-7-21(3)10-15-17(12(2)16(21)18(14)25-20(11)24)23-19(26-15)13-5-8-22-9-6-13/h11-14,16,18,22H,4-10H2,1-3H3. The van der Waals surface area contributed by atoms with Gasteiger partial charge in [0.1, 0.15) is 6.10 Å². The molecule has 2 aliphatic heterocycles. The van der Waals surface area contributed by atoms with Crippen molar-refractivity contribution in [3.05, 3.63) is 15.6 Å². The number of nitrogens with one attached hydrogen (secondary N) is 1. The van der Waals surface area contributed by atoms with Crippen molar-refractivity contribution in [2.75, 3.05) is 13.1 Å². The van der Waals surface area contributed by atoms with Crippen molar-refractivity contribution < 1.29 is 9.53 Å². The van der Waals surface area contributed by atoms with Gasteiger partial charge in [0.15, 0.2) is 0 Å². The molecule has 0 bridgehead atoms. The van der Waals surface area contributed by atoms with Crippen LogP contribution in [0.25, 0.3) is 0 Å². The molecular weight excluding hydrogens is 344 g/mol. The van der Waals surface area contributed by atoms with Crippen LogP contribution in [0.2, 0.25) is 0 Å². The van der Waals surface area contributed by atoms with Gasteiger partial charge in [0.2, 0.25) is 0 Å². The fraction of sp³-hybridized carbons (Fsp3) is 0.810. The number of hydrogen-bond donors (Lipinski definition) is 1. The second kappa shape index (κ2) is 6.03. The highest BCUT2D eigenvalue weighted by molar-refractivity contribution is 7.11. The Morgan fingerprint density at radius 1 is 1.19 bits per heavy atom. The molecule has 0 radical (unpaired) electrons. The smallest absolute Gasteiger partial charge is 0.309 e. The highest BCUT2D eigenvalue weighted by Crippen LogP contribution is 2.59. The van der Waals surface area contributed by atoms with E-state index >= 15 is 0 Å².